The van der Waals surface area contributed by atoms with Crippen molar-refractivity contribution >= 4 is 0 Å². The highest BCUT2D eigenvalue weighted by Crippen LogP contribution is 2.32. The number of nitrogens with one attached hydrogen (secondary N) is 1. The number of piperidine rings is 1. The van der Waals surface area contributed by atoms with Gasteiger partial charge in [-0.15, -0.1) is 6.58 Å². The lowest BCUT2D eigenvalue weighted by molar-refractivity contribution is 0.0813. The fraction of sp³-hybridized carbons (Fsp3) is 0.818. The minimum absolute atomic E-state index is 0.271. The van der Waals surface area contributed by atoms with Crippen molar-refractivity contribution in [2.24, 2.45) is 0 Å². The molecule has 0 radical (unpaired) electrons. The lowest BCUT2D eigenvalue weighted by Crippen LogP contribution is -2.50. The lowest BCUT2D eigenvalue weighted by atomic mass is 9.99. The number of nitrogens with zero attached hydrogens (tertiary/aromatic N) is 1. The largest absolute Gasteiger partial charge is 0.349 e. The smallest absolute Gasteiger partial charge is 0.142 e. The topological polar surface area (TPSA) is 27.8 Å². The van der Waals surface area contributed by atoms with E-state index in [9.17, 15) is 0 Å². The third-order valence-electron chi connectivity index (χ3n) is 3.40. The number of hydrogen-bond acceptors (Lipinski definition) is 3. The van der Waals surface area contributed by atoms with E-state index < -0.39 is 0 Å². The van der Waals surface area contributed by atoms with E-state index in [1.807, 2.05) is 13.1 Å². The summed E-state index contributed by atoms with van der Waals surface area (Å²) in [5, 5.41) is 3.35. The van der Waals surface area contributed by atoms with Gasteiger partial charge >= 0.3 is 0 Å². The van der Waals surface area contributed by atoms with Crippen molar-refractivity contribution in [3.05, 3.63) is 12.7 Å². The maximum Gasteiger partial charge on any atom is 0.142 e. The Morgan fingerprint density at radius 1 is 1.50 bits per heavy atom. The summed E-state index contributed by atoms with van der Waals surface area (Å²) >= 11 is 0. The van der Waals surface area contributed by atoms with Crippen LogP contribution in [0.2, 0.25) is 0 Å². The molecule has 2 aliphatic heterocycles. The van der Waals surface area contributed by atoms with E-state index in [1.165, 1.54) is 12.8 Å². The monoisotopic (exact) mass is 196 g/mol. The molecule has 0 amide bonds. The summed E-state index contributed by atoms with van der Waals surface area (Å²) in [5.74, 6) is 0. The molecule has 0 spiro atoms. The van der Waals surface area contributed by atoms with Crippen LogP contribution in [0.4, 0.5) is 0 Å². The average molecular weight is 196 g/mol. The van der Waals surface area contributed by atoms with Crippen molar-refractivity contribution in [2.75, 3.05) is 13.6 Å². The molecule has 0 bridgehead atoms. The number of likely N-dealkylation sites (tertiary alicyclic amines) is 1. The zero-order valence-electron chi connectivity index (χ0n) is 9.07. The third-order valence-corrected chi connectivity index (χ3v) is 3.40. The first-order valence-electron chi connectivity index (χ1n) is 5.47. The molecule has 2 heterocycles. The van der Waals surface area contributed by atoms with Crippen LogP contribution in [0.1, 0.15) is 19.8 Å². The average Bonchev–Trinajstić information content (AvgIpc) is 2.98. The second-order valence-corrected chi connectivity index (χ2v) is 4.34. The first kappa shape index (κ1) is 10.1. The number of hydrogen-bond donors (Lipinski definition) is 1. The van der Waals surface area contributed by atoms with Crippen molar-refractivity contribution in [3.63, 3.8) is 0 Å². The minimum atomic E-state index is 0.271. The maximum atomic E-state index is 5.55. The summed E-state index contributed by atoms with van der Waals surface area (Å²) in [7, 11) is 2.04. The fourth-order valence-electron chi connectivity index (χ4n) is 2.28. The molecule has 0 aliphatic carbocycles. The van der Waals surface area contributed by atoms with Gasteiger partial charge in [-0.1, -0.05) is 6.08 Å². The number of epoxide rings is 1. The predicted molar refractivity (Wildman–Crippen MR) is 57.1 cm³/mol. The second kappa shape index (κ2) is 4.01. The highest BCUT2D eigenvalue weighted by atomic mass is 16.6. The predicted octanol–water partition coefficient (Wildman–Crippen LogP) is 0.970. The molecule has 2 rings (SSSR count). The van der Waals surface area contributed by atoms with Gasteiger partial charge < -0.3 is 10.1 Å². The standard InChI is InChI=1S/C11H20N2O/c1-4-10-11(14-10)13-7-9(12-3)6-5-8(13)2/h4,8-12H,1,5-7H2,2-3H3/t8-,9+,10?,11?/m0/s1. The number of rotatable bonds is 3. The Morgan fingerprint density at radius 2 is 2.29 bits per heavy atom. The van der Waals surface area contributed by atoms with Crippen LogP contribution in [-0.2, 0) is 4.74 Å². The van der Waals surface area contributed by atoms with Gasteiger partial charge in [0.15, 0.2) is 0 Å². The molecular weight excluding hydrogens is 176 g/mol. The van der Waals surface area contributed by atoms with Crippen LogP contribution in [0.3, 0.4) is 0 Å². The van der Waals surface area contributed by atoms with Gasteiger partial charge in [-0.25, -0.2) is 0 Å². The molecule has 3 heteroatoms. The first-order valence-corrected chi connectivity index (χ1v) is 5.47. The summed E-state index contributed by atoms with van der Waals surface area (Å²) in [6.45, 7) is 7.15. The zero-order valence-corrected chi connectivity index (χ0v) is 9.07. The third kappa shape index (κ3) is 1.85. The molecular formula is C11H20N2O. The summed E-state index contributed by atoms with van der Waals surface area (Å²) in [5.41, 5.74) is 0. The molecule has 0 aromatic carbocycles. The Hall–Kier alpha value is -0.380. The molecule has 0 aromatic rings. The Morgan fingerprint density at radius 3 is 2.86 bits per heavy atom. The molecule has 2 saturated heterocycles. The molecule has 4 atom stereocenters. The molecule has 0 aromatic heterocycles. The molecule has 2 unspecified atom stereocenters. The Bertz CT molecular complexity index is 219. The molecule has 0 saturated carbocycles. The van der Waals surface area contributed by atoms with Gasteiger partial charge in [0.25, 0.3) is 0 Å². The summed E-state index contributed by atoms with van der Waals surface area (Å²) in [4.78, 5) is 2.46. The van der Waals surface area contributed by atoms with Crippen molar-refractivity contribution in [3.8, 4) is 0 Å². The van der Waals surface area contributed by atoms with Crippen LogP contribution in [0.5, 0.6) is 0 Å². The van der Waals surface area contributed by atoms with Crippen molar-refractivity contribution in [2.45, 2.75) is 44.2 Å². The van der Waals surface area contributed by atoms with Crippen molar-refractivity contribution in [1.82, 2.24) is 10.2 Å². The number of ether oxygens (including phenoxy) is 1. The van der Waals surface area contributed by atoms with E-state index in [0.29, 0.717) is 18.3 Å². The van der Waals surface area contributed by atoms with E-state index >= 15 is 0 Å². The normalized spacial score (nSPS) is 43.6. The van der Waals surface area contributed by atoms with E-state index in [0.717, 1.165) is 6.54 Å². The molecule has 3 nitrogen and oxygen atoms in total. The number of likely N-dealkylation sites (N-methyl/N-ethyl adjacent to an activating group) is 1. The summed E-state index contributed by atoms with van der Waals surface area (Å²) < 4.78 is 5.55. The second-order valence-electron chi connectivity index (χ2n) is 4.34. The highest BCUT2D eigenvalue weighted by molar-refractivity contribution is 5.00. The van der Waals surface area contributed by atoms with Gasteiger partial charge in [-0.05, 0) is 26.8 Å². The Balaban J connectivity index is 1.92. The van der Waals surface area contributed by atoms with Gasteiger partial charge in [-0.2, -0.15) is 0 Å². The SMILES string of the molecule is C=CC1OC1N1C[C@H](NC)CC[C@@H]1C. The van der Waals surface area contributed by atoms with E-state index in [4.69, 9.17) is 4.74 Å². The maximum absolute atomic E-state index is 5.55. The Labute approximate surface area is 86.1 Å². The van der Waals surface area contributed by atoms with Gasteiger partial charge in [0.1, 0.15) is 12.3 Å². The van der Waals surface area contributed by atoms with Gasteiger partial charge in [0.05, 0.1) is 0 Å². The van der Waals surface area contributed by atoms with Crippen molar-refractivity contribution in [1.29, 1.82) is 0 Å². The van der Waals surface area contributed by atoms with Crippen LogP contribution < -0.4 is 5.32 Å². The lowest BCUT2D eigenvalue weighted by Gasteiger charge is -2.36. The molecule has 14 heavy (non-hydrogen) atoms. The van der Waals surface area contributed by atoms with Gasteiger partial charge in [0.2, 0.25) is 0 Å². The molecule has 2 fully saturated rings. The molecule has 2 aliphatic rings. The van der Waals surface area contributed by atoms with Gasteiger partial charge in [0, 0.05) is 18.6 Å². The molecule has 80 valence electrons. The van der Waals surface area contributed by atoms with E-state index in [-0.39, 0.29) is 6.10 Å². The Kier molecular flexibility index (Phi) is 2.91. The zero-order chi connectivity index (χ0) is 10.1. The van der Waals surface area contributed by atoms with Crippen molar-refractivity contribution < 1.29 is 4.74 Å². The minimum Gasteiger partial charge on any atom is -0.349 e. The van der Waals surface area contributed by atoms with E-state index in [2.05, 4.69) is 23.7 Å². The summed E-state index contributed by atoms with van der Waals surface area (Å²) in [6, 6.07) is 1.27. The van der Waals surface area contributed by atoms with Crippen LogP contribution in [0.25, 0.3) is 0 Å². The fourth-order valence-corrected chi connectivity index (χ4v) is 2.28. The van der Waals surface area contributed by atoms with E-state index in [1.54, 1.807) is 0 Å². The van der Waals surface area contributed by atoms with Crippen LogP contribution in [-0.4, -0.2) is 42.9 Å². The first-order chi connectivity index (χ1) is 6.76. The summed E-state index contributed by atoms with van der Waals surface area (Å²) in [6.07, 6.45) is 5.02. The van der Waals surface area contributed by atoms with Gasteiger partial charge in [-0.3, -0.25) is 4.90 Å². The van der Waals surface area contributed by atoms with Crippen LogP contribution in [0, 0.1) is 0 Å². The molecule has 1 N–H and O–H groups in total. The highest BCUT2D eigenvalue weighted by Gasteiger charge is 2.44. The van der Waals surface area contributed by atoms with Crippen LogP contribution in [0.15, 0.2) is 12.7 Å². The van der Waals surface area contributed by atoms with Crippen LogP contribution >= 0.6 is 0 Å². The quantitative estimate of drug-likeness (QED) is 0.538.